The number of allylic oxidation sites excluding steroid dienone is 1. The summed E-state index contributed by atoms with van der Waals surface area (Å²) in [6.07, 6.45) is 10.6. The molecule has 0 saturated heterocycles. The smallest absolute Gasteiger partial charge is 0.0637 e. The van der Waals surface area contributed by atoms with Crippen LogP contribution in [0.5, 0.6) is 0 Å². The first kappa shape index (κ1) is 15.2. The van der Waals surface area contributed by atoms with Gasteiger partial charge in [-0.15, -0.1) is 0 Å². The summed E-state index contributed by atoms with van der Waals surface area (Å²) in [5.74, 6) is 1.79. The predicted molar refractivity (Wildman–Crippen MR) is 88.3 cm³/mol. The van der Waals surface area contributed by atoms with Crippen molar-refractivity contribution in [3.8, 4) is 0 Å². The van der Waals surface area contributed by atoms with Crippen molar-refractivity contribution in [3.63, 3.8) is 0 Å². The molecule has 2 heteroatoms. The summed E-state index contributed by atoms with van der Waals surface area (Å²) >= 11 is 0. The summed E-state index contributed by atoms with van der Waals surface area (Å²) in [6.45, 7) is 7.31. The third-order valence-corrected chi connectivity index (χ3v) is 8.53. The second kappa shape index (κ2) is 4.60. The molecule has 0 aromatic rings. The van der Waals surface area contributed by atoms with E-state index in [0.29, 0.717) is 17.3 Å². The minimum absolute atomic E-state index is 0.00377. The maximum atomic E-state index is 11.2. The highest BCUT2D eigenvalue weighted by molar-refractivity contribution is 5.29. The first-order valence-corrected chi connectivity index (χ1v) is 9.34. The van der Waals surface area contributed by atoms with Crippen molar-refractivity contribution >= 4 is 0 Å². The molecule has 124 valence electrons. The lowest BCUT2D eigenvalue weighted by molar-refractivity contribution is -0.193. The van der Waals surface area contributed by atoms with E-state index in [1.54, 1.807) is 0 Å². The van der Waals surface area contributed by atoms with Crippen LogP contribution >= 0.6 is 0 Å². The van der Waals surface area contributed by atoms with Crippen molar-refractivity contribution in [2.45, 2.75) is 71.8 Å². The van der Waals surface area contributed by atoms with Crippen LogP contribution in [0.25, 0.3) is 0 Å². The molecule has 0 aromatic heterocycles. The quantitative estimate of drug-likeness (QED) is 0.721. The molecular formula is C20H32O2. The topological polar surface area (TPSA) is 40.5 Å². The van der Waals surface area contributed by atoms with E-state index in [-0.39, 0.29) is 23.5 Å². The van der Waals surface area contributed by atoms with Gasteiger partial charge in [0, 0.05) is 12.0 Å². The summed E-state index contributed by atoms with van der Waals surface area (Å²) in [5.41, 5.74) is 1.88. The van der Waals surface area contributed by atoms with Crippen molar-refractivity contribution in [1.29, 1.82) is 0 Å². The summed E-state index contributed by atoms with van der Waals surface area (Å²) in [5, 5.41) is 21.2. The fourth-order valence-electron chi connectivity index (χ4n) is 7.43. The number of fused-ring (bicyclic) bond motifs is 3. The van der Waals surface area contributed by atoms with Crippen LogP contribution < -0.4 is 0 Å². The SMILES string of the molecule is CC1=C[C@]23C[C@H]1CC[C@H]2[C@]1(C)CCC[C@](C)(CO)[C@H]1C[C@H]3O. The summed E-state index contributed by atoms with van der Waals surface area (Å²) in [6, 6.07) is 0. The third-order valence-electron chi connectivity index (χ3n) is 8.53. The van der Waals surface area contributed by atoms with Crippen LogP contribution in [0.4, 0.5) is 0 Å². The zero-order chi connectivity index (χ0) is 15.8. The van der Waals surface area contributed by atoms with Crippen LogP contribution in [0.15, 0.2) is 11.6 Å². The molecule has 0 radical (unpaired) electrons. The van der Waals surface area contributed by atoms with E-state index in [1.807, 2.05) is 0 Å². The molecule has 1 spiro atoms. The van der Waals surface area contributed by atoms with E-state index in [0.717, 1.165) is 18.8 Å². The van der Waals surface area contributed by atoms with Crippen LogP contribution in [-0.2, 0) is 0 Å². The van der Waals surface area contributed by atoms with Gasteiger partial charge in [-0.1, -0.05) is 31.9 Å². The number of hydrogen-bond acceptors (Lipinski definition) is 2. The fraction of sp³-hybridized carbons (Fsp3) is 0.900. The molecule has 7 atom stereocenters. The lowest BCUT2D eigenvalue weighted by atomic mass is 9.40. The Kier molecular flexibility index (Phi) is 3.18. The van der Waals surface area contributed by atoms with Crippen molar-refractivity contribution < 1.29 is 10.2 Å². The van der Waals surface area contributed by atoms with Gasteiger partial charge in [-0.05, 0) is 74.0 Å². The molecule has 3 fully saturated rings. The Morgan fingerprint density at radius 2 is 1.95 bits per heavy atom. The van der Waals surface area contributed by atoms with E-state index in [9.17, 15) is 10.2 Å². The average molecular weight is 304 g/mol. The molecule has 0 heterocycles. The first-order chi connectivity index (χ1) is 10.4. The van der Waals surface area contributed by atoms with Crippen LogP contribution in [0, 0.1) is 34.0 Å². The largest absolute Gasteiger partial charge is 0.396 e. The van der Waals surface area contributed by atoms with Gasteiger partial charge in [-0.2, -0.15) is 0 Å². The fourth-order valence-corrected chi connectivity index (χ4v) is 7.43. The number of hydrogen-bond donors (Lipinski definition) is 2. The second-order valence-electron chi connectivity index (χ2n) is 9.51. The van der Waals surface area contributed by atoms with Crippen LogP contribution in [-0.4, -0.2) is 22.9 Å². The zero-order valence-corrected chi connectivity index (χ0v) is 14.4. The third kappa shape index (κ3) is 1.69. The van der Waals surface area contributed by atoms with E-state index in [4.69, 9.17) is 0 Å². The van der Waals surface area contributed by atoms with Gasteiger partial charge in [-0.3, -0.25) is 0 Å². The Hall–Kier alpha value is -0.340. The van der Waals surface area contributed by atoms with E-state index < -0.39 is 0 Å². The highest BCUT2D eigenvalue weighted by atomic mass is 16.3. The zero-order valence-electron chi connectivity index (χ0n) is 14.4. The highest BCUT2D eigenvalue weighted by Gasteiger charge is 2.65. The molecule has 4 aliphatic carbocycles. The summed E-state index contributed by atoms with van der Waals surface area (Å²) < 4.78 is 0. The van der Waals surface area contributed by atoms with Crippen LogP contribution in [0.1, 0.15) is 65.7 Å². The summed E-state index contributed by atoms with van der Waals surface area (Å²) in [4.78, 5) is 0. The molecular weight excluding hydrogens is 272 g/mol. The normalized spacial score (nSPS) is 57.0. The van der Waals surface area contributed by atoms with Gasteiger partial charge >= 0.3 is 0 Å². The number of aliphatic hydroxyl groups is 2. The van der Waals surface area contributed by atoms with Crippen molar-refractivity contribution in [2.75, 3.05) is 6.61 Å². The van der Waals surface area contributed by atoms with Crippen molar-refractivity contribution in [1.82, 2.24) is 0 Å². The van der Waals surface area contributed by atoms with Gasteiger partial charge in [0.05, 0.1) is 6.10 Å². The lowest BCUT2D eigenvalue weighted by Gasteiger charge is -2.65. The van der Waals surface area contributed by atoms with E-state index in [1.165, 1.54) is 37.7 Å². The van der Waals surface area contributed by atoms with Gasteiger partial charge in [0.1, 0.15) is 0 Å². The Morgan fingerprint density at radius 1 is 1.18 bits per heavy atom. The number of aliphatic hydroxyl groups excluding tert-OH is 2. The molecule has 22 heavy (non-hydrogen) atoms. The molecule has 0 unspecified atom stereocenters. The van der Waals surface area contributed by atoms with Gasteiger partial charge in [0.15, 0.2) is 0 Å². The van der Waals surface area contributed by atoms with E-state index in [2.05, 4.69) is 26.8 Å². The molecule has 2 bridgehead atoms. The minimum Gasteiger partial charge on any atom is -0.396 e. The van der Waals surface area contributed by atoms with Crippen LogP contribution in [0.3, 0.4) is 0 Å². The van der Waals surface area contributed by atoms with Crippen molar-refractivity contribution in [2.24, 2.45) is 34.0 Å². The van der Waals surface area contributed by atoms with Gasteiger partial charge in [0.2, 0.25) is 0 Å². The highest BCUT2D eigenvalue weighted by Crippen LogP contribution is 2.70. The predicted octanol–water partition coefficient (Wildman–Crippen LogP) is 3.92. The Labute approximate surface area is 135 Å². The molecule has 2 N–H and O–H groups in total. The maximum Gasteiger partial charge on any atom is 0.0637 e. The minimum atomic E-state index is -0.209. The standard InChI is InChI=1S/C20H32O2/c1-13-10-20-11-14(13)5-6-15(20)19(3)8-4-7-18(2,12-21)16(19)9-17(20)22/h10,14-17,21-22H,4-9,11-12H2,1-3H3/t14-,15+,16-,17-,18-,19+,20+/m1/s1. The van der Waals surface area contributed by atoms with Crippen LogP contribution in [0.2, 0.25) is 0 Å². The lowest BCUT2D eigenvalue weighted by Crippen LogP contribution is -2.61. The van der Waals surface area contributed by atoms with E-state index >= 15 is 0 Å². The Morgan fingerprint density at radius 3 is 2.68 bits per heavy atom. The average Bonchev–Trinajstić information content (AvgIpc) is 2.73. The molecule has 4 rings (SSSR count). The summed E-state index contributed by atoms with van der Waals surface area (Å²) in [7, 11) is 0. The Bertz CT molecular complexity index is 512. The molecule has 0 amide bonds. The molecule has 4 aliphatic rings. The van der Waals surface area contributed by atoms with Gasteiger partial charge in [-0.25, -0.2) is 0 Å². The Balaban J connectivity index is 1.80. The molecule has 0 aliphatic heterocycles. The number of rotatable bonds is 1. The molecule has 0 aromatic carbocycles. The maximum absolute atomic E-state index is 11.2. The second-order valence-corrected chi connectivity index (χ2v) is 9.51. The van der Waals surface area contributed by atoms with Gasteiger partial charge < -0.3 is 10.2 Å². The molecule has 3 saturated carbocycles. The van der Waals surface area contributed by atoms with Gasteiger partial charge in [0.25, 0.3) is 0 Å². The molecule has 2 nitrogen and oxygen atoms in total. The first-order valence-electron chi connectivity index (χ1n) is 9.34. The monoisotopic (exact) mass is 304 g/mol. The van der Waals surface area contributed by atoms with Crippen molar-refractivity contribution in [3.05, 3.63) is 11.6 Å².